The molecule has 1 rings (SSSR count). The number of amides is 1. The Morgan fingerprint density at radius 1 is 1.43 bits per heavy atom. The number of alkyl carbamates (subject to hydrolysis) is 1. The number of hydrogen-bond acceptors (Lipinski definition) is 5. The monoisotopic (exact) mass is 326 g/mol. The van der Waals surface area contributed by atoms with Crippen LogP contribution in [0.1, 0.15) is 20.8 Å². The van der Waals surface area contributed by atoms with Crippen molar-refractivity contribution in [3.63, 3.8) is 0 Å². The van der Waals surface area contributed by atoms with E-state index in [0.717, 1.165) is 22.7 Å². The van der Waals surface area contributed by atoms with Crippen molar-refractivity contribution in [2.24, 2.45) is 0 Å². The molecule has 0 bridgehead atoms. The molecule has 1 amide bonds. The molecule has 1 heterocycles. The fourth-order valence-corrected chi connectivity index (χ4v) is 2.04. The van der Waals surface area contributed by atoms with E-state index < -0.39 is 24.4 Å². The third-order valence-corrected chi connectivity index (χ3v) is 2.91. The Labute approximate surface area is 124 Å². The Morgan fingerprint density at radius 3 is 2.67 bits per heavy atom. The van der Waals surface area contributed by atoms with Gasteiger partial charge in [0.15, 0.2) is 5.16 Å². The summed E-state index contributed by atoms with van der Waals surface area (Å²) in [5, 5.41) is 9.72. The summed E-state index contributed by atoms with van der Waals surface area (Å²) in [6.07, 6.45) is -3.87. The standard InChI is InChI=1S/C11H17F3N4O2S/c1-10(2,3)20-9(19)15-4-5-21-8-17-16-7-18(8)6-11(12,13)14/h7H,4-6H2,1-3H3,(H,15,19). The Balaban J connectivity index is 2.34. The Morgan fingerprint density at radius 2 is 2.10 bits per heavy atom. The number of hydrogen-bond donors (Lipinski definition) is 1. The van der Waals surface area contributed by atoms with Gasteiger partial charge in [0, 0.05) is 12.3 Å². The molecule has 0 radical (unpaired) electrons. The summed E-state index contributed by atoms with van der Waals surface area (Å²) in [6.45, 7) is 4.32. The van der Waals surface area contributed by atoms with Crippen LogP contribution in [0.15, 0.2) is 11.5 Å². The molecule has 0 saturated carbocycles. The summed E-state index contributed by atoms with van der Waals surface area (Å²) in [5.41, 5.74) is -0.593. The van der Waals surface area contributed by atoms with Gasteiger partial charge in [-0.05, 0) is 20.8 Å². The topological polar surface area (TPSA) is 69.0 Å². The van der Waals surface area contributed by atoms with E-state index >= 15 is 0 Å². The molecule has 0 saturated heterocycles. The van der Waals surface area contributed by atoms with Crippen molar-refractivity contribution >= 4 is 17.9 Å². The number of carbonyl (C=O) groups excluding carboxylic acids is 1. The van der Waals surface area contributed by atoms with E-state index in [1.54, 1.807) is 20.8 Å². The first-order valence-electron chi connectivity index (χ1n) is 6.11. The van der Waals surface area contributed by atoms with Crippen molar-refractivity contribution in [3.8, 4) is 0 Å². The minimum Gasteiger partial charge on any atom is -0.444 e. The zero-order chi connectivity index (χ0) is 16.1. The van der Waals surface area contributed by atoms with Gasteiger partial charge in [-0.15, -0.1) is 10.2 Å². The van der Waals surface area contributed by atoms with Crippen molar-refractivity contribution in [1.29, 1.82) is 0 Å². The quantitative estimate of drug-likeness (QED) is 0.665. The number of rotatable bonds is 5. The highest BCUT2D eigenvalue weighted by Gasteiger charge is 2.29. The van der Waals surface area contributed by atoms with E-state index in [4.69, 9.17) is 4.74 Å². The highest BCUT2D eigenvalue weighted by Crippen LogP contribution is 2.21. The van der Waals surface area contributed by atoms with Gasteiger partial charge in [-0.25, -0.2) is 4.79 Å². The van der Waals surface area contributed by atoms with Gasteiger partial charge in [-0.1, -0.05) is 11.8 Å². The van der Waals surface area contributed by atoms with Crippen molar-refractivity contribution in [2.45, 2.75) is 44.2 Å². The van der Waals surface area contributed by atoms with Crippen LogP contribution in [0.3, 0.4) is 0 Å². The second-order valence-corrected chi connectivity index (χ2v) is 6.20. The average Bonchev–Trinajstić information content (AvgIpc) is 2.67. The minimum absolute atomic E-state index is 0.151. The molecule has 6 nitrogen and oxygen atoms in total. The number of aromatic nitrogens is 3. The molecule has 0 aliphatic heterocycles. The number of halogens is 3. The van der Waals surface area contributed by atoms with Crippen LogP contribution >= 0.6 is 11.8 Å². The molecule has 0 spiro atoms. The molecule has 1 N–H and O–H groups in total. The van der Waals surface area contributed by atoms with Gasteiger partial charge in [0.2, 0.25) is 0 Å². The third-order valence-electron chi connectivity index (χ3n) is 1.93. The van der Waals surface area contributed by atoms with Crippen LogP contribution in [0, 0.1) is 0 Å². The highest BCUT2D eigenvalue weighted by molar-refractivity contribution is 7.99. The van der Waals surface area contributed by atoms with Crippen molar-refractivity contribution in [3.05, 3.63) is 6.33 Å². The van der Waals surface area contributed by atoms with Gasteiger partial charge in [0.25, 0.3) is 0 Å². The van der Waals surface area contributed by atoms with Crippen LogP contribution in [-0.4, -0.2) is 44.9 Å². The third kappa shape index (κ3) is 7.78. The predicted molar refractivity (Wildman–Crippen MR) is 71.0 cm³/mol. The molecule has 1 aromatic rings. The van der Waals surface area contributed by atoms with Gasteiger partial charge in [0.05, 0.1) is 0 Å². The predicted octanol–water partition coefficient (Wildman–Crippen LogP) is 2.46. The van der Waals surface area contributed by atoms with Crippen molar-refractivity contribution < 1.29 is 22.7 Å². The molecule has 120 valence electrons. The lowest BCUT2D eigenvalue weighted by molar-refractivity contribution is -0.142. The lowest BCUT2D eigenvalue weighted by atomic mass is 10.2. The molecule has 0 fully saturated rings. The first-order valence-corrected chi connectivity index (χ1v) is 7.09. The van der Waals surface area contributed by atoms with Crippen LogP contribution in [0.4, 0.5) is 18.0 Å². The van der Waals surface area contributed by atoms with E-state index in [-0.39, 0.29) is 11.7 Å². The molecular weight excluding hydrogens is 309 g/mol. The fraction of sp³-hybridized carbons (Fsp3) is 0.727. The molecule has 0 atom stereocenters. The maximum atomic E-state index is 12.3. The van der Waals surface area contributed by atoms with E-state index in [9.17, 15) is 18.0 Å². The molecule has 10 heteroatoms. The van der Waals surface area contributed by atoms with E-state index in [2.05, 4.69) is 15.5 Å². The minimum atomic E-state index is -4.33. The number of nitrogens with zero attached hydrogens (tertiary/aromatic N) is 3. The van der Waals surface area contributed by atoms with E-state index in [1.807, 2.05) is 0 Å². The highest BCUT2D eigenvalue weighted by atomic mass is 32.2. The number of carbonyl (C=O) groups is 1. The van der Waals surface area contributed by atoms with Crippen LogP contribution in [0.5, 0.6) is 0 Å². The summed E-state index contributed by atoms with van der Waals surface area (Å²) >= 11 is 1.07. The molecular formula is C11H17F3N4O2S. The summed E-state index contributed by atoms with van der Waals surface area (Å²) in [6, 6.07) is 0. The van der Waals surface area contributed by atoms with E-state index in [0.29, 0.717) is 5.75 Å². The van der Waals surface area contributed by atoms with Gasteiger partial charge in [-0.3, -0.25) is 4.57 Å². The number of alkyl halides is 3. The molecule has 21 heavy (non-hydrogen) atoms. The van der Waals surface area contributed by atoms with Gasteiger partial charge < -0.3 is 10.1 Å². The number of ether oxygens (including phenoxy) is 1. The van der Waals surface area contributed by atoms with Gasteiger partial charge >= 0.3 is 12.3 Å². The molecule has 0 aromatic carbocycles. The van der Waals surface area contributed by atoms with Crippen LogP contribution in [-0.2, 0) is 11.3 Å². The smallest absolute Gasteiger partial charge is 0.407 e. The summed E-state index contributed by atoms with van der Waals surface area (Å²) in [4.78, 5) is 11.4. The molecule has 1 aromatic heterocycles. The summed E-state index contributed by atoms with van der Waals surface area (Å²) < 4.78 is 42.8. The zero-order valence-corrected chi connectivity index (χ0v) is 12.7. The SMILES string of the molecule is CC(C)(C)OC(=O)NCCSc1nncn1CC(F)(F)F. The normalized spacial score (nSPS) is 12.3. The fourth-order valence-electron chi connectivity index (χ4n) is 1.27. The van der Waals surface area contributed by atoms with Crippen LogP contribution in [0.25, 0.3) is 0 Å². The second kappa shape index (κ2) is 7.01. The Hall–Kier alpha value is -1.45. The number of thioether (sulfide) groups is 1. The maximum absolute atomic E-state index is 12.3. The van der Waals surface area contributed by atoms with Crippen molar-refractivity contribution in [2.75, 3.05) is 12.3 Å². The van der Waals surface area contributed by atoms with Crippen LogP contribution in [0.2, 0.25) is 0 Å². The average molecular weight is 326 g/mol. The first kappa shape index (κ1) is 17.6. The molecule has 0 aliphatic rings. The maximum Gasteiger partial charge on any atom is 0.407 e. The second-order valence-electron chi connectivity index (χ2n) is 5.13. The van der Waals surface area contributed by atoms with Gasteiger partial charge in [-0.2, -0.15) is 13.2 Å². The first-order chi connectivity index (χ1) is 9.57. The van der Waals surface area contributed by atoms with Gasteiger partial charge in [0.1, 0.15) is 18.5 Å². The molecule has 0 aliphatic carbocycles. The zero-order valence-electron chi connectivity index (χ0n) is 11.9. The summed E-state index contributed by atoms with van der Waals surface area (Å²) in [5.74, 6) is 0.357. The number of nitrogens with one attached hydrogen (secondary N) is 1. The lowest BCUT2D eigenvalue weighted by Gasteiger charge is -2.19. The Bertz CT molecular complexity index is 471. The lowest BCUT2D eigenvalue weighted by Crippen LogP contribution is -2.33. The van der Waals surface area contributed by atoms with E-state index in [1.165, 1.54) is 0 Å². The summed E-state index contributed by atoms with van der Waals surface area (Å²) in [7, 11) is 0. The molecule has 0 unspecified atom stereocenters. The Kier molecular flexibility index (Phi) is 5.87. The van der Waals surface area contributed by atoms with Crippen LogP contribution < -0.4 is 5.32 Å². The largest absolute Gasteiger partial charge is 0.444 e. The van der Waals surface area contributed by atoms with Crippen molar-refractivity contribution in [1.82, 2.24) is 20.1 Å².